The predicted octanol–water partition coefficient (Wildman–Crippen LogP) is 1.47. The van der Waals surface area contributed by atoms with Gasteiger partial charge in [-0.15, -0.1) is 0 Å². The molecule has 3 aromatic heterocycles. The molecule has 3 heterocycles. The van der Waals surface area contributed by atoms with Crippen LogP contribution in [0.5, 0.6) is 0 Å². The molecule has 0 atom stereocenters. The first-order valence-electron chi connectivity index (χ1n) is 5.71. The molecule has 0 aromatic carbocycles. The molecule has 7 nitrogen and oxygen atoms in total. The van der Waals surface area contributed by atoms with E-state index in [-0.39, 0.29) is 21.9 Å². The van der Waals surface area contributed by atoms with E-state index in [0.717, 1.165) is 10.9 Å². The lowest BCUT2D eigenvalue weighted by Gasteiger charge is -2.09. The molecule has 22 heavy (non-hydrogen) atoms. The Bertz CT molecular complexity index is 988. The number of fused-ring (bicyclic) bond motifs is 1. The molecule has 0 aliphatic rings. The lowest BCUT2D eigenvalue weighted by Crippen LogP contribution is -2.22. The molecular formula is C11H5ClF3N5O2. The smallest absolute Gasteiger partial charge is 0.291 e. The summed E-state index contributed by atoms with van der Waals surface area (Å²) in [6.45, 7) is 0. The van der Waals surface area contributed by atoms with Crippen LogP contribution in [0.2, 0.25) is 5.02 Å². The van der Waals surface area contributed by atoms with Crippen LogP contribution in [0.1, 0.15) is 5.56 Å². The van der Waals surface area contributed by atoms with Gasteiger partial charge in [-0.05, 0) is 6.07 Å². The second-order valence-corrected chi connectivity index (χ2v) is 4.66. The van der Waals surface area contributed by atoms with Crippen molar-refractivity contribution in [3.8, 4) is 5.82 Å². The Kier molecular flexibility index (Phi) is 3.06. The van der Waals surface area contributed by atoms with E-state index in [9.17, 15) is 22.8 Å². The largest absolute Gasteiger partial charge is 0.417 e. The van der Waals surface area contributed by atoms with E-state index in [1.807, 2.05) is 4.98 Å². The van der Waals surface area contributed by atoms with Gasteiger partial charge in [-0.2, -0.15) is 23.0 Å². The number of aromatic amines is 2. The molecule has 0 spiro atoms. The van der Waals surface area contributed by atoms with E-state index in [4.69, 9.17) is 11.6 Å². The van der Waals surface area contributed by atoms with Crippen LogP contribution < -0.4 is 11.2 Å². The summed E-state index contributed by atoms with van der Waals surface area (Å²) in [4.78, 5) is 30.8. The monoisotopic (exact) mass is 331 g/mol. The molecule has 0 unspecified atom stereocenters. The first kappa shape index (κ1) is 14.3. The number of pyridine rings is 1. The number of H-pyrrole nitrogens is 2. The standard InChI is InChI=1S/C11H5ClF3N5O2/c12-6-1-4(11(13,14)15)2-16-8(6)20-7-5(3-17-20)9(21)19-10(22)18-7/h1-3H,(H2,18,19,21,22). The fourth-order valence-electron chi connectivity index (χ4n) is 1.85. The average Bonchev–Trinajstić information content (AvgIpc) is 2.81. The fraction of sp³-hybridized carbons (Fsp3) is 0.0909. The van der Waals surface area contributed by atoms with Gasteiger partial charge in [0.15, 0.2) is 11.5 Å². The summed E-state index contributed by atoms with van der Waals surface area (Å²) >= 11 is 5.81. The van der Waals surface area contributed by atoms with Crippen LogP contribution in [-0.2, 0) is 6.18 Å². The van der Waals surface area contributed by atoms with E-state index in [2.05, 4.69) is 15.1 Å². The van der Waals surface area contributed by atoms with Crippen molar-refractivity contribution in [1.82, 2.24) is 24.7 Å². The zero-order valence-corrected chi connectivity index (χ0v) is 11.2. The SMILES string of the molecule is O=c1[nH]c(=O)c2cnn(-c3ncc(C(F)(F)F)cc3Cl)c2[nH]1. The Morgan fingerprint density at radius 2 is 1.91 bits per heavy atom. The van der Waals surface area contributed by atoms with E-state index >= 15 is 0 Å². The summed E-state index contributed by atoms with van der Waals surface area (Å²) in [6.07, 6.45) is -2.87. The van der Waals surface area contributed by atoms with Crippen molar-refractivity contribution in [2.75, 3.05) is 0 Å². The van der Waals surface area contributed by atoms with Crippen LogP contribution >= 0.6 is 11.6 Å². The minimum Gasteiger partial charge on any atom is -0.291 e. The first-order chi connectivity index (χ1) is 10.3. The number of hydrogen-bond donors (Lipinski definition) is 2. The number of rotatable bonds is 1. The van der Waals surface area contributed by atoms with Crippen LogP contribution in [-0.4, -0.2) is 24.7 Å². The molecule has 114 valence electrons. The molecule has 0 bridgehead atoms. The second-order valence-electron chi connectivity index (χ2n) is 4.25. The van der Waals surface area contributed by atoms with Crippen LogP contribution in [0, 0.1) is 0 Å². The average molecular weight is 332 g/mol. The number of alkyl halides is 3. The maximum atomic E-state index is 12.6. The van der Waals surface area contributed by atoms with Crippen molar-refractivity contribution in [1.29, 1.82) is 0 Å². The molecule has 0 amide bonds. The fourth-order valence-corrected chi connectivity index (χ4v) is 2.09. The van der Waals surface area contributed by atoms with Crippen molar-refractivity contribution >= 4 is 22.6 Å². The third-order valence-corrected chi connectivity index (χ3v) is 3.10. The summed E-state index contributed by atoms with van der Waals surface area (Å²) in [6, 6.07) is 0.683. The van der Waals surface area contributed by atoms with Crippen molar-refractivity contribution in [3.05, 3.63) is 49.9 Å². The lowest BCUT2D eigenvalue weighted by molar-refractivity contribution is -0.137. The highest BCUT2D eigenvalue weighted by Crippen LogP contribution is 2.32. The van der Waals surface area contributed by atoms with E-state index in [0.29, 0.717) is 12.3 Å². The van der Waals surface area contributed by atoms with Gasteiger partial charge in [-0.1, -0.05) is 11.6 Å². The van der Waals surface area contributed by atoms with Gasteiger partial charge < -0.3 is 0 Å². The highest BCUT2D eigenvalue weighted by Gasteiger charge is 2.32. The van der Waals surface area contributed by atoms with Gasteiger partial charge in [-0.25, -0.2) is 9.78 Å². The molecule has 3 aromatic rings. The number of halogens is 4. The zero-order valence-electron chi connectivity index (χ0n) is 10.4. The molecule has 0 aliphatic heterocycles. The van der Waals surface area contributed by atoms with Gasteiger partial charge in [0.1, 0.15) is 5.39 Å². The van der Waals surface area contributed by atoms with E-state index < -0.39 is 23.0 Å². The van der Waals surface area contributed by atoms with Gasteiger partial charge in [0, 0.05) is 6.20 Å². The summed E-state index contributed by atoms with van der Waals surface area (Å²) < 4.78 is 38.7. The normalized spacial score (nSPS) is 12.0. The second kappa shape index (κ2) is 4.70. The molecule has 0 saturated carbocycles. The third kappa shape index (κ3) is 2.26. The summed E-state index contributed by atoms with van der Waals surface area (Å²) in [5.41, 5.74) is -2.53. The zero-order chi connectivity index (χ0) is 16.1. The van der Waals surface area contributed by atoms with Gasteiger partial charge in [0.25, 0.3) is 5.56 Å². The van der Waals surface area contributed by atoms with Gasteiger partial charge in [0.05, 0.1) is 16.8 Å². The van der Waals surface area contributed by atoms with E-state index in [1.165, 1.54) is 0 Å². The van der Waals surface area contributed by atoms with Crippen LogP contribution in [0.15, 0.2) is 28.0 Å². The van der Waals surface area contributed by atoms with Crippen molar-refractivity contribution in [3.63, 3.8) is 0 Å². The molecule has 0 saturated heterocycles. The Balaban J connectivity index is 2.25. The lowest BCUT2D eigenvalue weighted by atomic mass is 10.3. The van der Waals surface area contributed by atoms with Crippen molar-refractivity contribution in [2.24, 2.45) is 0 Å². The van der Waals surface area contributed by atoms with Gasteiger partial charge in [0.2, 0.25) is 0 Å². The van der Waals surface area contributed by atoms with Crippen LogP contribution in [0.25, 0.3) is 16.9 Å². The first-order valence-corrected chi connectivity index (χ1v) is 6.08. The number of nitrogens with one attached hydrogen (secondary N) is 2. The predicted molar refractivity (Wildman–Crippen MR) is 70.1 cm³/mol. The Hall–Kier alpha value is -2.62. The maximum Gasteiger partial charge on any atom is 0.417 e. The molecular weight excluding hydrogens is 327 g/mol. The topological polar surface area (TPSA) is 96.4 Å². The third-order valence-electron chi connectivity index (χ3n) is 2.82. The van der Waals surface area contributed by atoms with Crippen LogP contribution in [0.3, 0.4) is 0 Å². The highest BCUT2D eigenvalue weighted by atomic mass is 35.5. The number of nitrogens with zero attached hydrogens (tertiary/aromatic N) is 3. The van der Waals surface area contributed by atoms with Gasteiger partial charge in [-0.3, -0.25) is 14.8 Å². The molecule has 0 fully saturated rings. The summed E-state index contributed by atoms with van der Waals surface area (Å²) in [5.74, 6) is -0.147. The Labute approximate surface area is 123 Å². The Morgan fingerprint density at radius 1 is 1.18 bits per heavy atom. The van der Waals surface area contributed by atoms with Gasteiger partial charge >= 0.3 is 11.9 Å². The number of hydrogen-bond acceptors (Lipinski definition) is 4. The quantitative estimate of drug-likeness (QED) is 0.705. The molecule has 3 rings (SSSR count). The maximum absolute atomic E-state index is 12.6. The number of aromatic nitrogens is 5. The van der Waals surface area contributed by atoms with Crippen molar-refractivity contribution in [2.45, 2.75) is 6.18 Å². The minimum atomic E-state index is -4.59. The molecule has 0 radical (unpaired) electrons. The highest BCUT2D eigenvalue weighted by molar-refractivity contribution is 6.32. The molecule has 2 N–H and O–H groups in total. The van der Waals surface area contributed by atoms with Crippen LogP contribution in [0.4, 0.5) is 13.2 Å². The van der Waals surface area contributed by atoms with E-state index in [1.54, 1.807) is 0 Å². The summed E-state index contributed by atoms with van der Waals surface area (Å²) in [5, 5.41) is 3.53. The minimum absolute atomic E-state index is 0.0251. The molecule has 0 aliphatic carbocycles. The summed E-state index contributed by atoms with van der Waals surface area (Å²) in [7, 11) is 0. The Morgan fingerprint density at radius 3 is 2.55 bits per heavy atom. The molecule has 11 heteroatoms. The van der Waals surface area contributed by atoms with Crippen molar-refractivity contribution < 1.29 is 13.2 Å².